The van der Waals surface area contributed by atoms with Crippen LogP contribution in [0, 0.1) is 13.8 Å². The lowest BCUT2D eigenvalue weighted by Gasteiger charge is -2.15. The Labute approximate surface area is 132 Å². The molecule has 4 nitrogen and oxygen atoms in total. The van der Waals surface area contributed by atoms with Crippen LogP contribution >= 0.6 is 23.2 Å². The van der Waals surface area contributed by atoms with Crippen LogP contribution in [0.15, 0.2) is 24.3 Å². The molecule has 21 heavy (non-hydrogen) atoms. The van der Waals surface area contributed by atoms with Gasteiger partial charge in [-0.1, -0.05) is 23.2 Å². The first-order chi connectivity index (χ1) is 9.79. The summed E-state index contributed by atoms with van der Waals surface area (Å²) in [5.41, 5.74) is 13.5. The lowest BCUT2D eigenvalue weighted by atomic mass is 10.1. The van der Waals surface area contributed by atoms with Crippen molar-refractivity contribution in [3.63, 3.8) is 0 Å². The summed E-state index contributed by atoms with van der Waals surface area (Å²) in [5, 5.41) is 0.712. The molecule has 2 aromatic carbocycles. The van der Waals surface area contributed by atoms with Gasteiger partial charge >= 0.3 is 0 Å². The van der Waals surface area contributed by atoms with E-state index in [0.717, 1.165) is 11.1 Å². The normalized spacial score (nSPS) is 10.5. The first-order valence-corrected chi connectivity index (χ1v) is 6.88. The van der Waals surface area contributed by atoms with E-state index in [1.54, 1.807) is 18.2 Å². The summed E-state index contributed by atoms with van der Waals surface area (Å²) < 4.78 is 5.82. The minimum Gasteiger partial charge on any atom is -0.455 e. The van der Waals surface area contributed by atoms with Gasteiger partial charge in [0.1, 0.15) is 5.75 Å². The zero-order chi connectivity index (χ0) is 15.7. The van der Waals surface area contributed by atoms with Gasteiger partial charge in [-0.2, -0.15) is 0 Å². The fourth-order valence-corrected chi connectivity index (χ4v) is 2.32. The fourth-order valence-electron chi connectivity index (χ4n) is 2.00. The summed E-state index contributed by atoms with van der Waals surface area (Å²) in [6.45, 7) is 3.64. The molecular weight excluding hydrogens is 311 g/mol. The number of nitrogens with two attached hydrogens (primary N) is 2. The maximum Gasteiger partial charge on any atom is 0.248 e. The maximum atomic E-state index is 11.2. The number of aryl methyl sites for hydroxylation is 2. The molecule has 6 heteroatoms. The number of carbonyl (C=O) groups excluding carboxylic acids is 1. The Morgan fingerprint density at radius 3 is 2.10 bits per heavy atom. The van der Waals surface area contributed by atoms with Gasteiger partial charge in [-0.25, -0.2) is 0 Å². The highest BCUT2D eigenvalue weighted by Gasteiger charge is 2.13. The van der Waals surface area contributed by atoms with Crippen LogP contribution in [0.3, 0.4) is 0 Å². The molecule has 0 aliphatic heterocycles. The zero-order valence-electron chi connectivity index (χ0n) is 11.5. The van der Waals surface area contributed by atoms with Gasteiger partial charge < -0.3 is 16.2 Å². The predicted molar refractivity (Wildman–Crippen MR) is 85.4 cm³/mol. The molecule has 2 rings (SSSR count). The number of halogens is 2. The van der Waals surface area contributed by atoms with Crippen molar-refractivity contribution in [3.8, 4) is 11.5 Å². The molecule has 0 saturated carbocycles. The van der Waals surface area contributed by atoms with Gasteiger partial charge in [0.15, 0.2) is 5.75 Å². The third-order valence-electron chi connectivity index (χ3n) is 3.01. The molecule has 0 aliphatic rings. The van der Waals surface area contributed by atoms with Gasteiger partial charge in [0.05, 0.1) is 15.7 Å². The van der Waals surface area contributed by atoms with Crippen LogP contribution in [0.1, 0.15) is 21.5 Å². The van der Waals surface area contributed by atoms with Crippen molar-refractivity contribution < 1.29 is 9.53 Å². The summed E-state index contributed by atoms with van der Waals surface area (Å²) in [7, 11) is 0. The lowest BCUT2D eigenvalue weighted by Crippen LogP contribution is -2.11. The van der Waals surface area contributed by atoms with Crippen LogP contribution in [0.5, 0.6) is 11.5 Å². The molecule has 0 radical (unpaired) electrons. The number of amides is 1. The van der Waals surface area contributed by atoms with Crippen molar-refractivity contribution in [2.45, 2.75) is 13.8 Å². The number of hydrogen-bond donors (Lipinski definition) is 2. The number of anilines is 1. The smallest absolute Gasteiger partial charge is 0.248 e. The summed E-state index contributed by atoms with van der Waals surface area (Å²) in [6, 6.07) is 6.42. The number of carbonyl (C=O) groups is 1. The third kappa shape index (κ3) is 3.23. The van der Waals surface area contributed by atoms with E-state index in [9.17, 15) is 4.79 Å². The largest absolute Gasteiger partial charge is 0.455 e. The van der Waals surface area contributed by atoms with Crippen molar-refractivity contribution >= 4 is 34.8 Å². The van der Waals surface area contributed by atoms with Gasteiger partial charge in [-0.15, -0.1) is 0 Å². The van der Waals surface area contributed by atoms with Crippen molar-refractivity contribution in [1.82, 2.24) is 0 Å². The topological polar surface area (TPSA) is 78.3 Å². The highest BCUT2D eigenvalue weighted by atomic mass is 35.5. The number of rotatable bonds is 3. The van der Waals surface area contributed by atoms with Crippen LogP contribution in [-0.4, -0.2) is 5.91 Å². The molecule has 0 fully saturated rings. The van der Waals surface area contributed by atoms with Crippen molar-refractivity contribution in [3.05, 3.63) is 51.0 Å². The monoisotopic (exact) mass is 324 g/mol. The SMILES string of the molecule is Cc1cc(C(N)=O)cc(C)c1Oc1cc(Cl)c(Cl)cc1N. The predicted octanol–water partition coefficient (Wildman–Crippen LogP) is 4.08. The second kappa shape index (κ2) is 5.84. The molecule has 0 heterocycles. The molecule has 110 valence electrons. The third-order valence-corrected chi connectivity index (χ3v) is 3.73. The summed E-state index contributed by atoms with van der Waals surface area (Å²) >= 11 is 11.9. The number of ether oxygens (including phenoxy) is 1. The van der Waals surface area contributed by atoms with Gasteiger partial charge in [0.2, 0.25) is 5.91 Å². The molecule has 0 bridgehead atoms. The number of hydrogen-bond acceptors (Lipinski definition) is 3. The van der Waals surface area contributed by atoms with E-state index in [0.29, 0.717) is 32.8 Å². The van der Waals surface area contributed by atoms with Gasteiger partial charge in [-0.05, 0) is 43.2 Å². The Balaban J connectivity index is 2.45. The molecule has 0 aliphatic carbocycles. The van der Waals surface area contributed by atoms with E-state index in [2.05, 4.69) is 0 Å². The number of primary amides is 1. The highest BCUT2D eigenvalue weighted by molar-refractivity contribution is 6.42. The zero-order valence-corrected chi connectivity index (χ0v) is 13.0. The standard InChI is InChI=1S/C15H14Cl2N2O2/c1-7-3-9(15(19)20)4-8(2)14(7)21-13-6-11(17)10(16)5-12(13)18/h3-6H,18H2,1-2H3,(H2,19,20). The summed E-state index contributed by atoms with van der Waals surface area (Å²) in [6.07, 6.45) is 0. The fraction of sp³-hybridized carbons (Fsp3) is 0.133. The second-order valence-electron chi connectivity index (χ2n) is 4.71. The van der Waals surface area contributed by atoms with Crippen molar-refractivity contribution in [1.29, 1.82) is 0 Å². The Morgan fingerprint density at radius 1 is 1.05 bits per heavy atom. The first kappa shape index (κ1) is 15.5. The van der Waals surface area contributed by atoms with E-state index in [1.165, 1.54) is 6.07 Å². The van der Waals surface area contributed by atoms with Crippen molar-refractivity contribution in [2.75, 3.05) is 5.73 Å². The average Bonchev–Trinajstić information content (AvgIpc) is 2.39. The molecule has 0 saturated heterocycles. The molecule has 2 aromatic rings. The van der Waals surface area contributed by atoms with Crippen LogP contribution in [0.2, 0.25) is 10.0 Å². The van der Waals surface area contributed by atoms with Crippen LogP contribution in [-0.2, 0) is 0 Å². The molecule has 0 aromatic heterocycles. The Kier molecular flexibility index (Phi) is 4.30. The van der Waals surface area contributed by atoms with Crippen LogP contribution in [0.25, 0.3) is 0 Å². The highest BCUT2D eigenvalue weighted by Crippen LogP contribution is 2.37. The van der Waals surface area contributed by atoms with E-state index in [4.69, 9.17) is 39.4 Å². The van der Waals surface area contributed by atoms with E-state index in [-0.39, 0.29) is 0 Å². The number of benzene rings is 2. The summed E-state index contributed by atoms with van der Waals surface area (Å²) in [4.78, 5) is 11.2. The van der Waals surface area contributed by atoms with Crippen molar-refractivity contribution in [2.24, 2.45) is 5.73 Å². The van der Waals surface area contributed by atoms with Gasteiger partial charge in [0.25, 0.3) is 0 Å². The molecule has 0 unspecified atom stereocenters. The second-order valence-corrected chi connectivity index (χ2v) is 5.52. The van der Waals surface area contributed by atoms with Crippen LogP contribution in [0.4, 0.5) is 5.69 Å². The molecule has 4 N–H and O–H groups in total. The Hall–Kier alpha value is -1.91. The molecular formula is C15H14Cl2N2O2. The van der Waals surface area contributed by atoms with Gasteiger partial charge in [-0.3, -0.25) is 4.79 Å². The first-order valence-electron chi connectivity index (χ1n) is 6.13. The van der Waals surface area contributed by atoms with E-state index < -0.39 is 5.91 Å². The minimum atomic E-state index is -0.484. The average molecular weight is 325 g/mol. The minimum absolute atomic E-state index is 0.352. The molecule has 0 atom stereocenters. The Bertz CT molecular complexity index is 707. The lowest BCUT2D eigenvalue weighted by molar-refractivity contribution is 0.1000. The number of nitrogen functional groups attached to an aromatic ring is 1. The van der Waals surface area contributed by atoms with Gasteiger partial charge in [0, 0.05) is 11.6 Å². The van der Waals surface area contributed by atoms with E-state index in [1.807, 2.05) is 13.8 Å². The quantitative estimate of drug-likeness (QED) is 0.835. The molecule has 1 amide bonds. The maximum absolute atomic E-state index is 11.2. The summed E-state index contributed by atoms with van der Waals surface area (Å²) in [5.74, 6) is 0.523. The van der Waals surface area contributed by atoms with E-state index >= 15 is 0 Å². The van der Waals surface area contributed by atoms with Crippen LogP contribution < -0.4 is 16.2 Å². The molecule has 0 spiro atoms. The Morgan fingerprint density at radius 2 is 1.57 bits per heavy atom.